The van der Waals surface area contributed by atoms with Crippen molar-refractivity contribution in [2.75, 3.05) is 12.0 Å². The Labute approximate surface area is 260 Å². The molecule has 2 aromatic carbocycles. The average Bonchev–Trinajstić information content (AvgIpc) is 2.89. The molecule has 1 radical (unpaired) electrons. The number of carbonyl (C=O) groups excluding carboxylic acids is 1. The molecule has 9 heteroatoms. The van der Waals surface area contributed by atoms with Crippen molar-refractivity contribution in [3.8, 4) is 11.1 Å². The molecule has 0 saturated carbocycles. The molecule has 0 spiro atoms. The summed E-state index contributed by atoms with van der Waals surface area (Å²) >= 11 is 1.55. The number of carbonyl (C=O) groups is 2. The number of nitrogens with zero attached hydrogens (tertiary/aromatic N) is 1. The van der Waals surface area contributed by atoms with Gasteiger partial charge in [-0.3, -0.25) is 9.78 Å². The second-order valence-corrected chi connectivity index (χ2v) is 13.9. The molecule has 39 heavy (non-hydrogen) atoms. The largest absolute Gasteiger partial charge is 0.480 e. The van der Waals surface area contributed by atoms with Crippen molar-refractivity contribution in [1.29, 1.82) is 0 Å². The van der Waals surface area contributed by atoms with Crippen molar-refractivity contribution in [3.63, 3.8) is 0 Å². The summed E-state index contributed by atoms with van der Waals surface area (Å²) in [5.41, 5.74) is 2.84. The molecular weight excluding hydrogens is 535 g/mol. The van der Waals surface area contributed by atoms with Crippen LogP contribution < -0.4 is 5.32 Å². The van der Waals surface area contributed by atoms with E-state index in [0.717, 1.165) is 22.3 Å². The Kier molecular flexibility index (Phi) is 12.5. The fraction of sp³-hybridized carbons (Fsp3) is 0.367. The molecule has 2 N–H and O–H groups in total. The molecule has 0 bridgehead atoms. The zero-order valence-corrected chi connectivity index (χ0v) is 28.0. The van der Waals surface area contributed by atoms with Crippen molar-refractivity contribution < 1.29 is 19.1 Å². The van der Waals surface area contributed by atoms with Crippen LogP contribution in [0.5, 0.6) is 0 Å². The Morgan fingerprint density at radius 2 is 1.67 bits per heavy atom. The van der Waals surface area contributed by atoms with Crippen molar-refractivity contribution in [1.82, 2.24) is 10.3 Å². The number of pyridine rings is 1. The number of thioether (sulfide) groups is 1. The van der Waals surface area contributed by atoms with E-state index in [9.17, 15) is 14.7 Å². The van der Waals surface area contributed by atoms with Crippen LogP contribution in [0.2, 0.25) is 13.1 Å². The van der Waals surface area contributed by atoms with E-state index in [1.54, 1.807) is 30.2 Å². The van der Waals surface area contributed by atoms with Crippen LogP contribution in [-0.2, 0) is 14.8 Å². The summed E-state index contributed by atoms with van der Waals surface area (Å²) in [6.45, 7) is 10.8. The molecule has 2 atom stereocenters. The van der Waals surface area contributed by atoms with E-state index < -0.39 is 32.6 Å². The number of carboxylic acids is 1. The Morgan fingerprint density at radius 1 is 1.03 bits per heavy atom. The third kappa shape index (κ3) is 7.84. The summed E-state index contributed by atoms with van der Waals surface area (Å²) in [7, 11) is -1.57. The van der Waals surface area contributed by atoms with E-state index in [1.165, 1.54) is 0 Å². The van der Waals surface area contributed by atoms with Gasteiger partial charge >= 0.3 is 5.97 Å². The number of nitrogens with one attached hydrogen (secondary N) is 1. The van der Waals surface area contributed by atoms with Gasteiger partial charge in [0.25, 0.3) is 5.91 Å². The van der Waals surface area contributed by atoms with Crippen LogP contribution in [0.1, 0.15) is 48.7 Å². The second-order valence-electron chi connectivity index (χ2n) is 10.6. The fourth-order valence-corrected chi connectivity index (χ4v) is 6.64. The van der Waals surface area contributed by atoms with Crippen molar-refractivity contribution in [2.45, 2.75) is 51.9 Å². The molecule has 0 fully saturated rings. The zero-order chi connectivity index (χ0) is 27.9. The summed E-state index contributed by atoms with van der Waals surface area (Å²) in [6, 6.07) is 18.5. The number of hydrogen-bond donors (Lipinski definition) is 2. The van der Waals surface area contributed by atoms with Gasteiger partial charge in [0.05, 0.1) is 0 Å². The molecule has 203 valence electrons. The monoisotopic (exact) mass is 573 g/mol. The fourth-order valence-electron chi connectivity index (χ4n) is 4.83. The summed E-state index contributed by atoms with van der Waals surface area (Å²) < 4.78 is 6.94. The minimum atomic E-state index is -1.57. The van der Waals surface area contributed by atoms with Crippen LogP contribution >= 0.6 is 11.8 Å². The Hall–Kier alpha value is -1.94. The second kappa shape index (κ2) is 14.6. The first-order valence-corrected chi connectivity index (χ1v) is 17.0. The van der Waals surface area contributed by atoms with Gasteiger partial charge in [-0.15, -0.1) is 0 Å². The third-order valence-electron chi connectivity index (χ3n) is 6.53. The summed E-state index contributed by atoms with van der Waals surface area (Å²) in [4.78, 5) is 29.6. The van der Waals surface area contributed by atoms with E-state index in [2.05, 4.69) is 44.2 Å². The van der Waals surface area contributed by atoms with Crippen LogP contribution in [0.4, 0.5) is 0 Å². The Bertz CT molecular complexity index is 1240. The van der Waals surface area contributed by atoms with Gasteiger partial charge in [0, 0.05) is 47.5 Å². The first-order valence-electron chi connectivity index (χ1n) is 12.8. The molecule has 1 unspecified atom stereocenters. The zero-order valence-electron chi connectivity index (χ0n) is 24.0. The maximum Gasteiger partial charge on any atom is 0.326 e. The van der Waals surface area contributed by atoms with E-state index >= 15 is 0 Å². The molecular formula is C30H38N2NaO4SSi. The van der Waals surface area contributed by atoms with Gasteiger partial charge in [-0.1, -0.05) is 57.2 Å². The maximum absolute atomic E-state index is 13.5. The number of amides is 1. The number of benzene rings is 2. The number of carboxylic acid groups (broad SMARTS) is 1. The van der Waals surface area contributed by atoms with E-state index in [4.69, 9.17) is 4.43 Å². The Morgan fingerprint density at radius 3 is 2.21 bits per heavy atom. The molecule has 6 nitrogen and oxygen atoms in total. The summed E-state index contributed by atoms with van der Waals surface area (Å²) in [6.07, 6.45) is 5.82. The SMILES string of the molecule is CSCC[C@H](NC(=O)c1ccc(C(O[SiH](C)C)(c2ccncc2)C(C)(C)C)cc1-c1ccccc1)C(=O)O.[Na]. The average molecular weight is 574 g/mol. The summed E-state index contributed by atoms with van der Waals surface area (Å²) in [5.74, 6) is -0.809. The normalized spacial score (nSPS) is 13.7. The minimum absolute atomic E-state index is 0. The van der Waals surface area contributed by atoms with E-state index in [-0.39, 0.29) is 35.0 Å². The van der Waals surface area contributed by atoms with Crippen LogP contribution in [0.15, 0.2) is 73.1 Å². The first kappa shape index (κ1) is 33.3. The molecule has 3 aromatic rings. The van der Waals surface area contributed by atoms with Gasteiger partial charge in [0.15, 0.2) is 9.04 Å². The maximum atomic E-state index is 13.5. The van der Waals surface area contributed by atoms with Crippen LogP contribution in [0.3, 0.4) is 0 Å². The summed E-state index contributed by atoms with van der Waals surface area (Å²) in [5, 5.41) is 12.4. The van der Waals surface area contributed by atoms with Crippen molar-refractivity contribution >= 4 is 62.2 Å². The quantitative estimate of drug-likeness (QED) is 0.291. The molecule has 0 saturated heterocycles. The number of aliphatic carboxylic acids is 1. The van der Waals surface area contributed by atoms with Crippen LogP contribution in [0.25, 0.3) is 11.1 Å². The molecule has 0 aliphatic heterocycles. The number of rotatable bonds is 11. The molecule has 1 heterocycles. The predicted molar refractivity (Wildman–Crippen MR) is 164 cm³/mol. The Balaban J connectivity index is 0.00000533. The van der Waals surface area contributed by atoms with E-state index in [0.29, 0.717) is 17.7 Å². The van der Waals surface area contributed by atoms with Gasteiger partial charge in [-0.05, 0) is 83.5 Å². The standard InChI is InChI=1S/C30H38N2O4SSi.Na/c1-29(2,3)30(36-38(5)6,22-14-17-31-18-15-22)23-12-13-24(25(20-23)21-10-8-7-9-11-21)27(33)32-26(28(34)35)16-19-37-4;/h7-15,17-18,20,26,38H,16,19H2,1-6H3,(H,32,33)(H,34,35);/t26-,30?;/m0./s1. The van der Waals surface area contributed by atoms with Gasteiger partial charge in [0.1, 0.15) is 11.6 Å². The smallest absolute Gasteiger partial charge is 0.326 e. The molecule has 0 aliphatic carbocycles. The van der Waals surface area contributed by atoms with Gasteiger partial charge in [-0.2, -0.15) is 11.8 Å². The molecule has 3 rings (SSSR count). The molecule has 1 aromatic heterocycles. The topological polar surface area (TPSA) is 88.5 Å². The van der Waals surface area contributed by atoms with Crippen molar-refractivity contribution in [2.24, 2.45) is 5.41 Å². The predicted octanol–water partition coefficient (Wildman–Crippen LogP) is 5.59. The van der Waals surface area contributed by atoms with Crippen LogP contribution in [-0.4, -0.2) is 78.6 Å². The van der Waals surface area contributed by atoms with Gasteiger partial charge < -0.3 is 14.8 Å². The minimum Gasteiger partial charge on any atom is -0.480 e. The number of aromatic nitrogens is 1. The first-order chi connectivity index (χ1) is 18.0. The number of hydrogen-bond acceptors (Lipinski definition) is 5. The van der Waals surface area contributed by atoms with E-state index in [1.807, 2.05) is 60.9 Å². The van der Waals surface area contributed by atoms with Crippen molar-refractivity contribution in [3.05, 3.63) is 89.7 Å². The third-order valence-corrected chi connectivity index (χ3v) is 7.99. The molecule has 1 amide bonds. The molecule has 0 aliphatic rings. The van der Waals surface area contributed by atoms with Gasteiger partial charge in [-0.25, -0.2) is 4.79 Å². The van der Waals surface area contributed by atoms with Crippen LogP contribution in [0, 0.1) is 5.41 Å². The van der Waals surface area contributed by atoms with Gasteiger partial charge in [0.2, 0.25) is 0 Å².